The van der Waals surface area contributed by atoms with Crippen LogP contribution in [-0.2, 0) is 11.8 Å². The van der Waals surface area contributed by atoms with E-state index in [0.29, 0.717) is 6.54 Å². The lowest BCUT2D eigenvalue weighted by atomic mass is 9.95. The molecule has 1 fully saturated rings. The first-order chi connectivity index (χ1) is 9.58. The highest BCUT2D eigenvalue weighted by Crippen LogP contribution is 2.28. The van der Waals surface area contributed by atoms with Crippen LogP contribution in [0.1, 0.15) is 38.3 Å². The van der Waals surface area contributed by atoms with E-state index in [4.69, 9.17) is 5.73 Å². The van der Waals surface area contributed by atoms with Crippen molar-refractivity contribution in [3.05, 3.63) is 18.0 Å². The van der Waals surface area contributed by atoms with Crippen molar-refractivity contribution in [1.82, 2.24) is 20.0 Å². The number of carbonyl (C=O) groups is 1. The molecule has 6 nitrogen and oxygen atoms in total. The zero-order valence-corrected chi connectivity index (χ0v) is 12.5. The summed E-state index contributed by atoms with van der Waals surface area (Å²) in [5.74, 6) is 0.107. The topological polar surface area (TPSA) is 76.2 Å². The SMILES string of the molecule is CCC(N)C(c1cnn(C)c1)N1CCNC(=O)C1CC. The number of nitrogens with one attached hydrogen (secondary N) is 1. The Balaban J connectivity index is 2.32. The number of hydrogen-bond acceptors (Lipinski definition) is 4. The third-order valence-electron chi connectivity index (χ3n) is 4.06. The Bertz CT molecular complexity index is 458. The average Bonchev–Trinajstić information content (AvgIpc) is 2.85. The van der Waals surface area contributed by atoms with Crippen LogP contribution in [0.4, 0.5) is 0 Å². The molecule has 0 aromatic carbocycles. The molecule has 0 saturated carbocycles. The maximum absolute atomic E-state index is 12.1. The molecule has 0 spiro atoms. The van der Waals surface area contributed by atoms with Gasteiger partial charge in [0.25, 0.3) is 0 Å². The molecule has 112 valence electrons. The minimum absolute atomic E-state index is 0.000787. The molecule has 1 saturated heterocycles. The van der Waals surface area contributed by atoms with Gasteiger partial charge < -0.3 is 11.1 Å². The number of carbonyl (C=O) groups excluding carboxylic acids is 1. The van der Waals surface area contributed by atoms with Crippen molar-refractivity contribution in [2.45, 2.75) is 44.8 Å². The normalized spacial score (nSPS) is 23.4. The second kappa shape index (κ2) is 6.37. The van der Waals surface area contributed by atoms with Gasteiger partial charge in [-0.25, -0.2) is 0 Å². The second-order valence-corrected chi connectivity index (χ2v) is 5.42. The van der Waals surface area contributed by atoms with Gasteiger partial charge in [-0.3, -0.25) is 14.4 Å². The fourth-order valence-corrected chi connectivity index (χ4v) is 2.99. The van der Waals surface area contributed by atoms with Crippen LogP contribution in [0.25, 0.3) is 0 Å². The molecule has 1 aliphatic rings. The summed E-state index contributed by atoms with van der Waals surface area (Å²) in [6, 6.07) is -0.0598. The first kappa shape index (κ1) is 15.0. The Morgan fingerprint density at radius 1 is 1.55 bits per heavy atom. The summed E-state index contributed by atoms with van der Waals surface area (Å²) in [5.41, 5.74) is 7.43. The van der Waals surface area contributed by atoms with Crippen LogP contribution in [0.3, 0.4) is 0 Å². The molecule has 1 aromatic heterocycles. The Morgan fingerprint density at radius 3 is 2.85 bits per heavy atom. The van der Waals surface area contributed by atoms with Crippen LogP contribution in [0.2, 0.25) is 0 Å². The molecule has 2 rings (SSSR count). The molecule has 0 aliphatic carbocycles. The van der Waals surface area contributed by atoms with Gasteiger partial charge in [0.2, 0.25) is 5.91 Å². The minimum atomic E-state index is -0.105. The molecular weight excluding hydrogens is 254 g/mol. The minimum Gasteiger partial charge on any atom is -0.353 e. The van der Waals surface area contributed by atoms with E-state index in [1.165, 1.54) is 0 Å². The van der Waals surface area contributed by atoms with Crippen molar-refractivity contribution < 1.29 is 4.79 Å². The van der Waals surface area contributed by atoms with E-state index in [0.717, 1.165) is 24.9 Å². The first-order valence-corrected chi connectivity index (χ1v) is 7.36. The monoisotopic (exact) mass is 279 g/mol. The summed E-state index contributed by atoms with van der Waals surface area (Å²) in [4.78, 5) is 14.3. The van der Waals surface area contributed by atoms with Crippen LogP contribution >= 0.6 is 0 Å². The summed E-state index contributed by atoms with van der Waals surface area (Å²) >= 11 is 0. The highest BCUT2D eigenvalue weighted by Gasteiger charge is 2.36. The number of nitrogens with zero attached hydrogens (tertiary/aromatic N) is 3. The van der Waals surface area contributed by atoms with Crippen molar-refractivity contribution in [2.75, 3.05) is 13.1 Å². The van der Waals surface area contributed by atoms with Gasteiger partial charge in [-0.2, -0.15) is 5.10 Å². The number of amides is 1. The Hall–Kier alpha value is -1.40. The van der Waals surface area contributed by atoms with Crippen molar-refractivity contribution in [3.8, 4) is 0 Å². The number of rotatable bonds is 5. The number of nitrogens with two attached hydrogens (primary N) is 1. The van der Waals surface area contributed by atoms with Gasteiger partial charge in [0.1, 0.15) is 0 Å². The fraction of sp³-hybridized carbons (Fsp3) is 0.714. The summed E-state index contributed by atoms with van der Waals surface area (Å²) < 4.78 is 1.79. The zero-order valence-electron chi connectivity index (χ0n) is 12.5. The van der Waals surface area contributed by atoms with E-state index in [1.807, 2.05) is 26.4 Å². The smallest absolute Gasteiger partial charge is 0.237 e. The van der Waals surface area contributed by atoms with E-state index in [9.17, 15) is 4.79 Å². The van der Waals surface area contributed by atoms with E-state index in [2.05, 4.69) is 22.2 Å². The number of aromatic nitrogens is 2. The van der Waals surface area contributed by atoms with Gasteiger partial charge in [0.05, 0.1) is 18.3 Å². The quantitative estimate of drug-likeness (QED) is 0.818. The fourth-order valence-electron chi connectivity index (χ4n) is 2.99. The highest BCUT2D eigenvalue weighted by molar-refractivity contribution is 5.82. The van der Waals surface area contributed by atoms with Gasteiger partial charge in [0, 0.05) is 37.9 Å². The lowest BCUT2D eigenvalue weighted by molar-refractivity contribution is -0.130. The number of aryl methyl sites for hydroxylation is 1. The van der Waals surface area contributed by atoms with Crippen LogP contribution in [0.15, 0.2) is 12.4 Å². The predicted octanol–water partition coefficient (Wildman–Crippen LogP) is 0.409. The molecule has 3 N–H and O–H groups in total. The van der Waals surface area contributed by atoms with Crippen molar-refractivity contribution in [2.24, 2.45) is 12.8 Å². The third-order valence-corrected chi connectivity index (χ3v) is 4.06. The van der Waals surface area contributed by atoms with Crippen LogP contribution in [0.5, 0.6) is 0 Å². The molecule has 3 atom stereocenters. The number of piperazine rings is 1. The molecule has 1 aromatic rings. The molecular formula is C14H25N5O. The van der Waals surface area contributed by atoms with Crippen LogP contribution in [-0.4, -0.2) is 45.8 Å². The Morgan fingerprint density at radius 2 is 2.30 bits per heavy atom. The Kier molecular flexibility index (Phi) is 4.77. The lowest BCUT2D eigenvalue weighted by Gasteiger charge is -2.42. The molecule has 0 radical (unpaired) electrons. The third kappa shape index (κ3) is 2.86. The molecule has 3 unspecified atom stereocenters. The van der Waals surface area contributed by atoms with Gasteiger partial charge in [0.15, 0.2) is 0 Å². The largest absolute Gasteiger partial charge is 0.353 e. The standard InChI is InChI=1S/C14H25N5O/c1-4-11(15)13(10-8-17-18(3)9-10)19-7-6-16-14(20)12(19)5-2/h8-9,11-13H,4-7,15H2,1-3H3,(H,16,20). The van der Waals surface area contributed by atoms with Gasteiger partial charge in [-0.1, -0.05) is 13.8 Å². The molecule has 1 amide bonds. The maximum Gasteiger partial charge on any atom is 0.237 e. The van der Waals surface area contributed by atoms with Gasteiger partial charge in [-0.15, -0.1) is 0 Å². The maximum atomic E-state index is 12.1. The van der Waals surface area contributed by atoms with Gasteiger partial charge >= 0.3 is 0 Å². The van der Waals surface area contributed by atoms with Crippen molar-refractivity contribution in [3.63, 3.8) is 0 Å². The zero-order chi connectivity index (χ0) is 14.7. The van der Waals surface area contributed by atoms with Gasteiger partial charge in [-0.05, 0) is 12.8 Å². The van der Waals surface area contributed by atoms with Crippen LogP contribution in [0, 0.1) is 0 Å². The summed E-state index contributed by atoms with van der Waals surface area (Å²) in [7, 11) is 1.90. The second-order valence-electron chi connectivity index (χ2n) is 5.42. The number of hydrogen-bond donors (Lipinski definition) is 2. The lowest BCUT2D eigenvalue weighted by Crippen LogP contribution is -2.58. The summed E-state index contributed by atoms with van der Waals surface area (Å²) in [5, 5.41) is 7.19. The summed E-state index contributed by atoms with van der Waals surface area (Å²) in [6.07, 6.45) is 5.52. The van der Waals surface area contributed by atoms with Crippen molar-refractivity contribution in [1.29, 1.82) is 0 Å². The molecule has 0 bridgehead atoms. The first-order valence-electron chi connectivity index (χ1n) is 7.36. The molecule has 2 heterocycles. The van der Waals surface area contributed by atoms with Crippen molar-refractivity contribution >= 4 is 5.91 Å². The van der Waals surface area contributed by atoms with E-state index in [-0.39, 0.29) is 24.0 Å². The molecule has 1 aliphatic heterocycles. The van der Waals surface area contributed by atoms with E-state index in [1.54, 1.807) is 4.68 Å². The molecule has 6 heteroatoms. The van der Waals surface area contributed by atoms with E-state index < -0.39 is 0 Å². The Labute approximate surface area is 120 Å². The summed E-state index contributed by atoms with van der Waals surface area (Å²) in [6.45, 7) is 5.64. The predicted molar refractivity (Wildman–Crippen MR) is 78.0 cm³/mol. The van der Waals surface area contributed by atoms with Crippen LogP contribution < -0.4 is 11.1 Å². The molecule has 20 heavy (non-hydrogen) atoms. The average molecular weight is 279 g/mol. The highest BCUT2D eigenvalue weighted by atomic mass is 16.2. The van der Waals surface area contributed by atoms with E-state index >= 15 is 0 Å².